The first-order valence-corrected chi connectivity index (χ1v) is 10.0. The molecule has 0 saturated carbocycles. The van der Waals surface area contributed by atoms with Crippen molar-refractivity contribution in [3.63, 3.8) is 0 Å². The number of carbonyl (C=O) groups is 2. The molecule has 0 spiro atoms. The molecule has 26 heavy (non-hydrogen) atoms. The van der Waals surface area contributed by atoms with E-state index in [9.17, 15) is 23.1 Å². The highest BCUT2D eigenvalue weighted by atomic mass is 32.2. The van der Waals surface area contributed by atoms with Crippen LogP contribution in [0.4, 0.5) is 0 Å². The standard InChI is InChI=1S/C19H21NO5S/c1-3-14-9-10-15(26(2,24)25)12-16(14)18(21)20-17(19(22)23)11-13-7-5-4-6-8-13/h4-10,12,17H,3,11H2,1-2H3,(H,20,21)(H,22,23). The summed E-state index contributed by atoms with van der Waals surface area (Å²) in [4.78, 5) is 24.2. The maximum absolute atomic E-state index is 12.6. The second-order valence-corrected chi connectivity index (χ2v) is 8.01. The zero-order chi connectivity index (χ0) is 19.3. The van der Waals surface area contributed by atoms with Crippen LogP contribution in [0, 0.1) is 0 Å². The maximum Gasteiger partial charge on any atom is 0.326 e. The average Bonchev–Trinajstić information content (AvgIpc) is 2.60. The Kier molecular flexibility index (Phi) is 6.15. The number of hydrogen-bond donors (Lipinski definition) is 2. The van der Waals surface area contributed by atoms with Gasteiger partial charge in [0.15, 0.2) is 9.84 Å². The minimum Gasteiger partial charge on any atom is -0.480 e. The van der Waals surface area contributed by atoms with Crippen LogP contribution >= 0.6 is 0 Å². The van der Waals surface area contributed by atoms with Gasteiger partial charge in [0.25, 0.3) is 5.91 Å². The van der Waals surface area contributed by atoms with E-state index in [0.29, 0.717) is 12.0 Å². The maximum atomic E-state index is 12.6. The molecular weight excluding hydrogens is 354 g/mol. The van der Waals surface area contributed by atoms with Gasteiger partial charge >= 0.3 is 5.97 Å². The second-order valence-electron chi connectivity index (χ2n) is 6.00. The van der Waals surface area contributed by atoms with Crippen molar-refractivity contribution in [1.29, 1.82) is 0 Å². The van der Waals surface area contributed by atoms with Crippen molar-refractivity contribution in [3.8, 4) is 0 Å². The van der Waals surface area contributed by atoms with Crippen LogP contribution in [0.5, 0.6) is 0 Å². The molecule has 1 unspecified atom stereocenters. The predicted octanol–water partition coefficient (Wildman–Crippen LogP) is 2.08. The van der Waals surface area contributed by atoms with E-state index in [1.165, 1.54) is 12.1 Å². The van der Waals surface area contributed by atoms with Crippen LogP contribution in [-0.4, -0.2) is 37.7 Å². The Hall–Kier alpha value is -2.67. The number of benzene rings is 2. The van der Waals surface area contributed by atoms with Crippen molar-refractivity contribution < 1.29 is 23.1 Å². The van der Waals surface area contributed by atoms with Gasteiger partial charge in [-0.15, -0.1) is 0 Å². The molecule has 0 fully saturated rings. The summed E-state index contributed by atoms with van der Waals surface area (Å²) in [5.74, 6) is -1.75. The van der Waals surface area contributed by atoms with Crippen molar-refractivity contribution >= 4 is 21.7 Å². The summed E-state index contributed by atoms with van der Waals surface area (Å²) in [5, 5.41) is 11.9. The van der Waals surface area contributed by atoms with Gasteiger partial charge in [-0.05, 0) is 29.7 Å². The molecule has 0 aliphatic heterocycles. The molecule has 0 heterocycles. The van der Waals surface area contributed by atoms with Crippen LogP contribution in [-0.2, 0) is 27.5 Å². The van der Waals surface area contributed by atoms with E-state index in [1.54, 1.807) is 30.3 Å². The van der Waals surface area contributed by atoms with E-state index in [4.69, 9.17) is 0 Å². The van der Waals surface area contributed by atoms with E-state index in [0.717, 1.165) is 11.8 Å². The van der Waals surface area contributed by atoms with Gasteiger partial charge in [-0.25, -0.2) is 13.2 Å². The number of rotatable bonds is 7. The van der Waals surface area contributed by atoms with Crippen molar-refractivity contribution in [1.82, 2.24) is 5.32 Å². The van der Waals surface area contributed by atoms with Gasteiger partial charge in [-0.3, -0.25) is 4.79 Å². The molecule has 1 atom stereocenters. The molecule has 2 rings (SSSR count). The third kappa shape index (κ3) is 4.92. The highest BCUT2D eigenvalue weighted by Gasteiger charge is 2.23. The van der Waals surface area contributed by atoms with E-state index >= 15 is 0 Å². The van der Waals surface area contributed by atoms with Crippen molar-refractivity contribution in [2.45, 2.75) is 30.7 Å². The summed E-state index contributed by atoms with van der Waals surface area (Å²) < 4.78 is 23.5. The van der Waals surface area contributed by atoms with Gasteiger partial charge in [-0.1, -0.05) is 43.3 Å². The van der Waals surface area contributed by atoms with E-state index in [1.807, 2.05) is 13.0 Å². The Labute approximate surface area is 152 Å². The zero-order valence-corrected chi connectivity index (χ0v) is 15.4. The molecule has 0 aliphatic carbocycles. The van der Waals surface area contributed by atoms with Crippen LogP contribution in [0.15, 0.2) is 53.4 Å². The van der Waals surface area contributed by atoms with Gasteiger partial charge in [0.2, 0.25) is 0 Å². The predicted molar refractivity (Wildman–Crippen MR) is 98.0 cm³/mol. The molecule has 7 heteroatoms. The second kappa shape index (κ2) is 8.14. The van der Waals surface area contributed by atoms with Crippen LogP contribution in [0.3, 0.4) is 0 Å². The average molecular weight is 375 g/mol. The number of carbonyl (C=O) groups excluding carboxylic acids is 1. The first-order valence-electron chi connectivity index (χ1n) is 8.13. The fraction of sp³-hybridized carbons (Fsp3) is 0.263. The zero-order valence-electron chi connectivity index (χ0n) is 14.6. The summed E-state index contributed by atoms with van der Waals surface area (Å²) in [5.41, 5.74) is 1.61. The molecule has 0 bridgehead atoms. The molecule has 2 aromatic carbocycles. The molecule has 0 aromatic heterocycles. The number of aryl methyl sites for hydroxylation is 1. The van der Waals surface area contributed by atoms with Gasteiger partial charge in [0.05, 0.1) is 4.90 Å². The van der Waals surface area contributed by atoms with E-state index < -0.39 is 27.8 Å². The molecular formula is C19H21NO5S. The Bertz CT molecular complexity index is 907. The third-order valence-corrected chi connectivity index (χ3v) is 5.13. The van der Waals surface area contributed by atoms with Crippen molar-refractivity contribution in [3.05, 3.63) is 65.2 Å². The number of carboxylic acids is 1. The third-order valence-electron chi connectivity index (χ3n) is 4.02. The lowest BCUT2D eigenvalue weighted by Crippen LogP contribution is -2.42. The number of hydrogen-bond acceptors (Lipinski definition) is 4. The Morgan fingerprint density at radius 2 is 1.77 bits per heavy atom. The van der Waals surface area contributed by atoms with Gasteiger partial charge in [0, 0.05) is 18.2 Å². The molecule has 138 valence electrons. The molecule has 0 saturated heterocycles. The lowest BCUT2D eigenvalue weighted by Gasteiger charge is -2.16. The fourth-order valence-corrected chi connectivity index (χ4v) is 3.24. The van der Waals surface area contributed by atoms with Gasteiger partial charge in [0.1, 0.15) is 6.04 Å². The minimum absolute atomic E-state index is 0.0229. The highest BCUT2D eigenvalue weighted by Crippen LogP contribution is 2.17. The first kappa shape index (κ1) is 19.7. The quantitative estimate of drug-likeness (QED) is 0.772. The van der Waals surface area contributed by atoms with Crippen molar-refractivity contribution in [2.75, 3.05) is 6.26 Å². The smallest absolute Gasteiger partial charge is 0.326 e. The summed E-state index contributed by atoms with van der Waals surface area (Å²) in [6.45, 7) is 1.84. The van der Waals surface area contributed by atoms with Gasteiger partial charge in [-0.2, -0.15) is 0 Å². The number of aliphatic carboxylic acids is 1. The van der Waals surface area contributed by atoms with Crippen LogP contribution in [0.2, 0.25) is 0 Å². The number of amides is 1. The molecule has 1 amide bonds. The largest absolute Gasteiger partial charge is 0.480 e. The molecule has 6 nitrogen and oxygen atoms in total. The molecule has 2 aromatic rings. The van der Waals surface area contributed by atoms with E-state index in [2.05, 4.69) is 5.32 Å². The Morgan fingerprint density at radius 3 is 2.31 bits per heavy atom. The molecule has 2 N–H and O–H groups in total. The molecule has 0 aliphatic rings. The number of nitrogens with one attached hydrogen (secondary N) is 1. The van der Waals surface area contributed by atoms with Crippen molar-refractivity contribution in [2.24, 2.45) is 0 Å². The summed E-state index contributed by atoms with van der Waals surface area (Å²) in [6, 6.07) is 12.2. The topological polar surface area (TPSA) is 101 Å². The first-order chi connectivity index (χ1) is 12.2. The summed E-state index contributed by atoms with van der Waals surface area (Å²) in [6.07, 6.45) is 1.71. The number of carboxylic acid groups (broad SMARTS) is 1. The van der Waals surface area contributed by atoms with Crippen LogP contribution in [0.1, 0.15) is 28.4 Å². The SMILES string of the molecule is CCc1ccc(S(C)(=O)=O)cc1C(=O)NC(Cc1ccccc1)C(=O)O. The lowest BCUT2D eigenvalue weighted by atomic mass is 10.0. The summed E-state index contributed by atoms with van der Waals surface area (Å²) in [7, 11) is -3.47. The lowest BCUT2D eigenvalue weighted by molar-refractivity contribution is -0.139. The minimum atomic E-state index is -3.47. The van der Waals surface area contributed by atoms with Crippen LogP contribution in [0.25, 0.3) is 0 Å². The molecule has 0 radical (unpaired) electrons. The number of sulfone groups is 1. The summed E-state index contributed by atoms with van der Waals surface area (Å²) >= 11 is 0. The van der Waals surface area contributed by atoms with Gasteiger partial charge < -0.3 is 10.4 Å². The Balaban J connectivity index is 2.30. The Morgan fingerprint density at radius 1 is 1.12 bits per heavy atom. The normalized spacial score (nSPS) is 12.4. The monoisotopic (exact) mass is 375 g/mol. The highest BCUT2D eigenvalue weighted by molar-refractivity contribution is 7.90. The fourth-order valence-electron chi connectivity index (χ4n) is 2.59. The van der Waals surface area contributed by atoms with E-state index in [-0.39, 0.29) is 16.9 Å². The van der Waals surface area contributed by atoms with Crippen LogP contribution < -0.4 is 5.32 Å².